The predicted octanol–water partition coefficient (Wildman–Crippen LogP) is 2.15. The minimum absolute atomic E-state index is 0.118. The molecule has 2 amide bonds. The quantitative estimate of drug-likeness (QED) is 0.845. The van der Waals surface area contributed by atoms with E-state index >= 15 is 0 Å². The number of hydrogen-bond donors (Lipinski definition) is 1. The van der Waals surface area contributed by atoms with Crippen LogP contribution in [0.1, 0.15) is 12.0 Å². The van der Waals surface area contributed by atoms with Gasteiger partial charge in [0.2, 0.25) is 5.91 Å². The molecule has 6 heteroatoms. The number of phenols is 1. The van der Waals surface area contributed by atoms with Gasteiger partial charge in [-0.05, 0) is 42.8 Å². The van der Waals surface area contributed by atoms with E-state index in [-0.39, 0.29) is 30.0 Å². The van der Waals surface area contributed by atoms with Crippen molar-refractivity contribution in [3.8, 4) is 5.75 Å². The molecule has 2 aliphatic rings. The van der Waals surface area contributed by atoms with Crippen molar-refractivity contribution in [1.29, 1.82) is 0 Å². The molecule has 2 aliphatic heterocycles. The van der Waals surface area contributed by atoms with Gasteiger partial charge in [-0.2, -0.15) is 0 Å². The fourth-order valence-electron chi connectivity index (χ4n) is 3.92. The van der Waals surface area contributed by atoms with Crippen molar-refractivity contribution >= 4 is 23.2 Å². The second-order valence-corrected chi connectivity index (χ2v) is 7.11. The molecule has 0 aliphatic carbocycles. The molecule has 0 radical (unpaired) electrons. The zero-order valence-corrected chi connectivity index (χ0v) is 15.3. The van der Waals surface area contributed by atoms with Gasteiger partial charge >= 0.3 is 0 Å². The first-order chi connectivity index (χ1) is 13.0. The van der Waals surface area contributed by atoms with Crippen molar-refractivity contribution in [3.05, 3.63) is 54.1 Å². The smallest absolute Gasteiger partial charge is 0.251 e. The third-order valence-electron chi connectivity index (χ3n) is 5.45. The Bertz CT molecular complexity index is 857. The average molecular weight is 365 g/mol. The molecule has 140 valence electrons. The summed E-state index contributed by atoms with van der Waals surface area (Å²) in [5, 5.41) is 9.43. The van der Waals surface area contributed by atoms with Gasteiger partial charge in [0.25, 0.3) is 5.91 Å². The highest BCUT2D eigenvalue weighted by molar-refractivity contribution is 6.22. The number of phenolic OH excluding ortho intramolecular Hbond substituents is 1. The van der Waals surface area contributed by atoms with Gasteiger partial charge < -0.3 is 10.0 Å². The van der Waals surface area contributed by atoms with Gasteiger partial charge in [0.1, 0.15) is 5.75 Å². The molecule has 2 aromatic rings. The zero-order valence-electron chi connectivity index (χ0n) is 15.3. The number of benzene rings is 2. The summed E-state index contributed by atoms with van der Waals surface area (Å²) in [4.78, 5) is 31.2. The number of rotatable bonds is 3. The second kappa shape index (κ2) is 7.04. The van der Waals surface area contributed by atoms with Crippen molar-refractivity contribution in [3.63, 3.8) is 0 Å². The molecule has 2 heterocycles. The summed E-state index contributed by atoms with van der Waals surface area (Å²) < 4.78 is 0. The zero-order chi connectivity index (χ0) is 19.0. The lowest BCUT2D eigenvalue weighted by molar-refractivity contribution is -0.123. The average Bonchev–Trinajstić information content (AvgIpc) is 2.97. The highest BCUT2D eigenvalue weighted by atomic mass is 16.3. The largest absolute Gasteiger partial charge is 0.508 e. The first-order valence-electron chi connectivity index (χ1n) is 9.25. The number of aromatic hydroxyl groups is 1. The lowest BCUT2D eigenvalue weighted by Crippen LogP contribution is -2.52. The van der Waals surface area contributed by atoms with Gasteiger partial charge in [-0.25, -0.2) is 4.90 Å². The molecule has 0 aromatic heterocycles. The Morgan fingerprint density at radius 3 is 2.26 bits per heavy atom. The number of carbonyl (C=O) groups is 2. The molecule has 0 spiro atoms. The van der Waals surface area contributed by atoms with E-state index in [1.807, 2.05) is 43.3 Å². The number of nitrogens with zero attached hydrogens (tertiary/aromatic N) is 3. The van der Waals surface area contributed by atoms with E-state index in [0.717, 1.165) is 37.4 Å². The van der Waals surface area contributed by atoms with Gasteiger partial charge in [-0.15, -0.1) is 0 Å². The molecule has 6 nitrogen and oxygen atoms in total. The fraction of sp³-hybridized carbons (Fsp3) is 0.333. The molecule has 0 saturated carbocycles. The standard InChI is InChI=1S/C21H23N3O3/c1-15-4-2-3-5-18(15)24-20(26)14-19(21(24)27)23-12-10-22(11-13-23)16-6-8-17(25)9-7-16/h2-9,19,25H,10-14H2,1H3/t19-/m0/s1. The van der Waals surface area contributed by atoms with Crippen molar-refractivity contribution < 1.29 is 14.7 Å². The van der Waals surface area contributed by atoms with E-state index in [0.29, 0.717) is 5.69 Å². The van der Waals surface area contributed by atoms with Crippen molar-refractivity contribution in [2.45, 2.75) is 19.4 Å². The monoisotopic (exact) mass is 365 g/mol. The Morgan fingerprint density at radius 1 is 0.926 bits per heavy atom. The number of imide groups is 1. The number of anilines is 2. The van der Waals surface area contributed by atoms with E-state index in [1.165, 1.54) is 4.90 Å². The number of hydrogen-bond acceptors (Lipinski definition) is 5. The van der Waals surface area contributed by atoms with Crippen LogP contribution in [0, 0.1) is 6.92 Å². The van der Waals surface area contributed by atoms with Gasteiger partial charge in [0.05, 0.1) is 18.2 Å². The van der Waals surface area contributed by atoms with Crippen LogP contribution in [-0.4, -0.2) is 54.0 Å². The summed E-state index contributed by atoms with van der Waals surface area (Å²) in [7, 11) is 0. The van der Waals surface area contributed by atoms with Crippen LogP contribution in [0.4, 0.5) is 11.4 Å². The number of carbonyl (C=O) groups excluding carboxylic acids is 2. The SMILES string of the molecule is Cc1ccccc1N1C(=O)C[C@H](N2CCN(c3ccc(O)cc3)CC2)C1=O. The van der Waals surface area contributed by atoms with Gasteiger partial charge in [0, 0.05) is 31.9 Å². The van der Waals surface area contributed by atoms with Crippen molar-refractivity contribution in [2.24, 2.45) is 0 Å². The van der Waals surface area contributed by atoms with E-state index in [1.54, 1.807) is 12.1 Å². The molecule has 2 saturated heterocycles. The Labute approximate surface area is 158 Å². The van der Waals surface area contributed by atoms with Crippen LogP contribution in [0.2, 0.25) is 0 Å². The van der Waals surface area contributed by atoms with E-state index in [4.69, 9.17) is 0 Å². The van der Waals surface area contributed by atoms with Crippen molar-refractivity contribution in [1.82, 2.24) is 4.90 Å². The van der Waals surface area contributed by atoms with Crippen LogP contribution >= 0.6 is 0 Å². The summed E-state index contributed by atoms with van der Waals surface area (Å²) in [6.07, 6.45) is 0.242. The number of piperazine rings is 1. The predicted molar refractivity (Wildman–Crippen MR) is 104 cm³/mol. The second-order valence-electron chi connectivity index (χ2n) is 7.11. The molecule has 1 N–H and O–H groups in total. The maximum Gasteiger partial charge on any atom is 0.251 e. The Morgan fingerprint density at radius 2 is 1.59 bits per heavy atom. The van der Waals surface area contributed by atoms with Crippen LogP contribution in [-0.2, 0) is 9.59 Å². The summed E-state index contributed by atoms with van der Waals surface area (Å²) >= 11 is 0. The highest BCUT2D eigenvalue weighted by Gasteiger charge is 2.43. The molecule has 0 bridgehead atoms. The van der Waals surface area contributed by atoms with Crippen LogP contribution in [0.25, 0.3) is 0 Å². The Balaban J connectivity index is 1.45. The Kier molecular flexibility index (Phi) is 4.58. The van der Waals surface area contributed by atoms with Crippen LogP contribution < -0.4 is 9.80 Å². The van der Waals surface area contributed by atoms with Crippen molar-refractivity contribution in [2.75, 3.05) is 36.0 Å². The number of aryl methyl sites for hydroxylation is 1. The summed E-state index contributed by atoms with van der Waals surface area (Å²) in [6.45, 7) is 4.94. The van der Waals surface area contributed by atoms with Gasteiger partial charge in [-0.3, -0.25) is 14.5 Å². The van der Waals surface area contributed by atoms with Crippen LogP contribution in [0.5, 0.6) is 5.75 Å². The third-order valence-corrected chi connectivity index (χ3v) is 5.45. The maximum atomic E-state index is 13.0. The maximum absolute atomic E-state index is 13.0. The first kappa shape index (κ1) is 17.5. The molecule has 1 atom stereocenters. The number of amides is 2. The molecule has 27 heavy (non-hydrogen) atoms. The molecule has 0 unspecified atom stereocenters. The van der Waals surface area contributed by atoms with Crippen LogP contribution in [0.15, 0.2) is 48.5 Å². The minimum atomic E-state index is -0.376. The van der Waals surface area contributed by atoms with E-state index in [9.17, 15) is 14.7 Å². The van der Waals surface area contributed by atoms with Gasteiger partial charge in [0.15, 0.2) is 0 Å². The highest BCUT2D eigenvalue weighted by Crippen LogP contribution is 2.29. The first-order valence-corrected chi connectivity index (χ1v) is 9.25. The lowest BCUT2D eigenvalue weighted by Gasteiger charge is -2.38. The fourth-order valence-corrected chi connectivity index (χ4v) is 3.92. The molecular formula is C21H23N3O3. The van der Waals surface area contributed by atoms with E-state index < -0.39 is 0 Å². The summed E-state index contributed by atoms with van der Waals surface area (Å²) in [6, 6.07) is 14.3. The summed E-state index contributed by atoms with van der Waals surface area (Å²) in [5.74, 6) is 0.0106. The topological polar surface area (TPSA) is 64.1 Å². The Hall–Kier alpha value is -2.86. The number of para-hydroxylation sites is 1. The third kappa shape index (κ3) is 3.28. The minimum Gasteiger partial charge on any atom is -0.508 e. The molecule has 4 rings (SSSR count). The summed E-state index contributed by atoms with van der Waals surface area (Å²) in [5.41, 5.74) is 2.68. The molecular weight excluding hydrogens is 342 g/mol. The lowest BCUT2D eigenvalue weighted by atomic mass is 10.1. The van der Waals surface area contributed by atoms with E-state index in [2.05, 4.69) is 9.80 Å². The normalized spacial score (nSPS) is 21.1. The molecule has 2 aromatic carbocycles. The van der Waals surface area contributed by atoms with Crippen LogP contribution in [0.3, 0.4) is 0 Å². The molecule has 2 fully saturated rings. The van der Waals surface area contributed by atoms with Gasteiger partial charge in [-0.1, -0.05) is 18.2 Å².